The molecule has 1 aromatic carbocycles. The molecule has 0 saturated heterocycles. The summed E-state index contributed by atoms with van der Waals surface area (Å²) in [5, 5.41) is 11.7. The molecule has 0 aliphatic heterocycles. The molecule has 0 N–H and O–H groups in total. The van der Waals surface area contributed by atoms with Crippen LogP contribution < -0.4 is 0 Å². The third-order valence-electron chi connectivity index (χ3n) is 8.25. The van der Waals surface area contributed by atoms with E-state index in [9.17, 15) is 0 Å². The molecule has 46 heavy (non-hydrogen) atoms. The molecule has 0 aliphatic rings. The van der Waals surface area contributed by atoms with Crippen LogP contribution in [0.1, 0.15) is 0 Å². The lowest BCUT2D eigenvalue weighted by atomic mass is 10.2. The van der Waals surface area contributed by atoms with Gasteiger partial charge in [-0.05, 0) is 70.1 Å². The van der Waals surface area contributed by atoms with Crippen molar-refractivity contribution in [3.63, 3.8) is 0 Å². The maximum Gasteiger partial charge on any atom is 0.0642 e. The van der Waals surface area contributed by atoms with E-state index in [1.54, 1.807) is 0 Å². The summed E-state index contributed by atoms with van der Waals surface area (Å²) >= 11 is 23.1. The van der Waals surface area contributed by atoms with E-state index in [4.69, 9.17) is 0 Å². The summed E-state index contributed by atoms with van der Waals surface area (Å²) in [6.45, 7) is 0. The van der Waals surface area contributed by atoms with Gasteiger partial charge in [-0.15, -0.1) is 136 Å². The zero-order chi connectivity index (χ0) is 29.7. The average molecular weight is 805 g/mol. The lowest BCUT2D eigenvalue weighted by molar-refractivity contribution is 2.07. The highest BCUT2D eigenvalue weighted by Crippen LogP contribution is 2.52. The van der Waals surface area contributed by atoms with Crippen molar-refractivity contribution in [2.24, 2.45) is 0 Å². The molecular weight excluding hydrogens is 793 g/mol. The summed E-state index contributed by atoms with van der Waals surface area (Å²) in [5.74, 6) is 0. The summed E-state index contributed by atoms with van der Waals surface area (Å²) in [7, 11) is 0. The Labute approximate surface area is 307 Å². The molecule has 0 radical (unpaired) electrons. The molecule has 13 rings (SSSR count). The standard InChI is InChI=1S/C18H6S6.C16H6S6/c1-3-19-15-9(1)21-13-7-5-8-12(6-11(7)23-17(13)15)24-18-14(8)22-10-2-4-20-16(10)18;1-3-17-13-7(1)19-11-5-9(21-15(11)13)10-6-12-16(22-10)14-8(20-12)2-4-18-14/h1-6H;1-6H. The van der Waals surface area contributed by atoms with Gasteiger partial charge in [-0.2, -0.15) is 0 Å². The third kappa shape index (κ3) is 3.75. The zero-order valence-electron chi connectivity index (χ0n) is 22.8. The fourth-order valence-electron chi connectivity index (χ4n) is 6.23. The first kappa shape index (κ1) is 27.1. The Morgan fingerprint density at radius 3 is 1.11 bits per heavy atom. The highest BCUT2D eigenvalue weighted by molar-refractivity contribution is 7.43. The maximum absolute atomic E-state index is 2.46. The largest absolute Gasteiger partial charge is 0.141 e. The van der Waals surface area contributed by atoms with Gasteiger partial charge in [0.25, 0.3) is 0 Å². The third-order valence-corrected chi connectivity index (χ3v) is 23.0. The second-order valence-electron chi connectivity index (χ2n) is 10.8. The fraction of sp³-hybridized carbons (Fsp3) is 0. The van der Waals surface area contributed by atoms with E-state index in [-0.39, 0.29) is 0 Å². The van der Waals surface area contributed by atoms with Crippen molar-refractivity contribution < 1.29 is 0 Å². The predicted octanol–water partition coefficient (Wildman–Crippen LogP) is 17.3. The van der Waals surface area contributed by atoms with Crippen LogP contribution in [0, 0.1) is 0 Å². The number of hydrogen-bond acceptors (Lipinski definition) is 12. The van der Waals surface area contributed by atoms with Crippen molar-refractivity contribution in [1.29, 1.82) is 0 Å². The molecule has 12 aromatic heterocycles. The molecular formula is C34H12S12. The Kier molecular flexibility index (Phi) is 5.83. The summed E-state index contributed by atoms with van der Waals surface area (Å²) in [6.07, 6.45) is 0. The Morgan fingerprint density at radius 2 is 0.652 bits per heavy atom. The highest BCUT2D eigenvalue weighted by atomic mass is 32.1. The van der Waals surface area contributed by atoms with Crippen LogP contribution in [-0.4, -0.2) is 0 Å². The van der Waals surface area contributed by atoms with Gasteiger partial charge in [0.15, 0.2) is 0 Å². The van der Waals surface area contributed by atoms with Crippen molar-refractivity contribution >= 4 is 231 Å². The molecule has 220 valence electrons. The van der Waals surface area contributed by atoms with Gasteiger partial charge in [0.05, 0.1) is 47.0 Å². The monoisotopic (exact) mass is 804 g/mol. The van der Waals surface area contributed by atoms with Gasteiger partial charge in [-0.1, -0.05) is 0 Å². The number of fused-ring (bicyclic) bond motifs is 16. The molecule has 13 aromatic rings. The van der Waals surface area contributed by atoms with Gasteiger partial charge >= 0.3 is 0 Å². The van der Waals surface area contributed by atoms with Crippen LogP contribution >= 0.6 is 136 Å². The molecule has 0 amide bonds. The van der Waals surface area contributed by atoms with Crippen molar-refractivity contribution in [2.75, 3.05) is 0 Å². The molecule has 0 saturated carbocycles. The summed E-state index contributed by atoms with van der Waals surface area (Å²) in [4.78, 5) is 2.85. The van der Waals surface area contributed by atoms with Gasteiger partial charge in [0.1, 0.15) is 0 Å². The summed E-state index contributed by atoms with van der Waals surface area (Å²) in [5.41, 5.74) is 0. The number of benzene rings is 1. The van der Waals surface area contributed by atoms with E-state index >= 15 is 0 Å². The first-order valence-electron chi connectivity index (χ1n) is 14.1. The van der Waals surface area contributed by atoms with E-state index < -0.39 is 0 Å². The second kappa shape index (κ2) is 9.90. The van der Waals surface area contributed by atoms with E-state index in [0.29, 0.717) is 0 Å². The zero-order valence-corrected chi connectivity index (χ0v) is 32.6. The van der Waals surface area contributed by atoms with Crippen LogP contribution in [0.5, 0.6) is 0 Å². The summed E-state index contributed by atoms with van der Waals surface area (Å²) < 4.78 is 26.3. The quantitative estimate of drug-likeness (QED) is 0.155. The first-order chi connectivity index (χ1) is 22.7. The van der Waals surface area contributed by atoms with Gasteiger partial charge in [0.2, 0.25) is 0 Å². The van der Waals surface area contributed by atoms with Crippen molar-refractivity contribution in [1.82, 2.24) is 0 Å². The van der Waals surface area contributed by atoms with E-state index in [1.807, 2.05) is 136 Å². The first-order valence-corrected chi connectivity index (χ1v) is 24.1. The molecule has 0 aliphatic carbocycles. The Bertz CT molecular complexity index is 3050. The molecule has 0 fully saturated rings. The second-order valence-corrected chi connectivity index (χ2v) is 23.0. The van der Waals surface area contributed by atoms with Crippen LogP contribution in [0.15, 0.2) is 70.1 Å². The van der Waals surface area contributed by atoms with Gasteiger partial charge < -0.3 is 0 Å². The maximum atomic E-state index is 2.46. The average Bonchev–Trinajstić information content (AvgIpc) is 3.85. The molecule has 12 heterocycles. The van der Waals surface area contributed by atoms with Gasteiger partial charge in [-0.3, -0.25) is 0 Å². The topological polar surface area (TPSA) is 0 Å². The smallest absolute Gasteiger partial charge is 0.0642 e. The lowest BCUT2D eigenvalue weighted by Crippen LogP contribution is -1.64. The van der Waals surface area contributed by atoms with E-state index in [2.05, 4.69) is 70.1 Å². The highest BCUT2D eigenvalue weighted by Gasteiger charge is 2.19. The van der Waals surface area contributed by atoms with Crippen molar-refractivity contribution in [3.8, 4) is 9.75 Å². The minimum Gasteiger partial charge on any atom is -0.141 e. The molecule has 0 unspecified atom stereocenters. The van der Waals surface area contributed by atoms with Gasteiger partial charge in [0, 0.05) is 58.1 Å². The van der Waals surface area contributed by atoms with Crippen LogP contribution in [-0.2, 0) is 0 Å². The Balaban J connectivity index is 0.000000109. The van der Waals surface area contributed by atoms with Crippen molar-refractivity contribution in [2.45, 2.75) is 0 Å². The molecule has 0 nitrogen and oxygen atoms in total. The Morgan fingerprint density at radius 1 is 0.261 bits per heavy atom. The minimum atomic E-state index is 1.43. The van der Waals surface area contributed by atoms with Gasteiger partial charge in [-0.25, -0.2) is 0 Å². The lowest BCUT2D eigenvalue weighted by Gasteiger charge is -1.92. The molecule has 0 bridgehead atoms. The Hall–Kier alpha value is -1.78. The van der Waals surface area contributed by atoms with Crippen LogP contribution in [0.3, 0.4) is 0 Å². The number of hydrogen-bond donors (Lipinski definition) is 0. The van der Waals surface area contributed by atoms with Crippen molar-refractivity contribution in [3.05, 3.63) is 70.1 Å². The van der Waals surface area contributed by atoms with Crippen LogP contribution in [0.4, 0.5) is 0 Å². The fourth-order valence-corrected chi connectivity index (χ4v) is 21.7. The molecule has 12 heteroatoms. The number of rotatable bonds is 1. The normalized spacial score (nSPS) is 12.8. The summed E-state index contributed by atoms with van der Waals surface area (Å²) in [6, 6.07) is 18.7. The predicted molar refractivity (Wildman–Crippen MR) is 228 cm³/mol. The molecule has 0 spiro atoms. The van der Waals surface area contributed by atoms with E-state index in [0.717, 1.165) is 0 Å². The van der Waals surface area contributed by atoms with Crippen LogP contribution in [0.2, 0.25) is 0 Å². The number of thiophene rings is 12. The van der Waals surface area contributed by atoms with E-state index in [1.165, 1.54) is 105 Å². The molecule has 0 atom stereocenters. The minimum absolute atomic E-state index is 1.43. The van der Waals surface area contributed by atoms with Crippen LogP contribution in [0.25, 0.3) is 105 Å². The SMILES string of the molecule is c1cc2sc3c4cc5c(cc4sc3c2s1)sc1c2sccc2sc51.c1cc2sc3cc(-c4cc5sc6ccsc6c5s4)sc3c2s1.